The first-order valence-electron chi connectivity index (χ1n) is 49.8. The monoisotopic (exact) mass is 2050 g/mol. The van der Waals surface area contributed by atoms with E-state index in [-0.39, 0.29) is 35.1 Å². The summed E-state index contributed by atoms with van der Waals surface area (Å²) in [4.78, 5) is 0. The standard InChI is InChI=1S/C16H14.C15H15Cl.2C14H12F2.C14H12O.C14H14.C12H12.C9H12.C8H9Br.C8H8Cl2.C8H9Cl.C2H6/c1-12-15-8-4-2-6-13(15)10-11-14-7-3-5-9-16(12)14;1-11-3-5-13(6-4-11)12(2)14-7-9-15(16)10-8-14;1-10(11-2-6-13(15)7-3-11)12-4-8-14(16)9-5-12;1-10(11-4-2-6-13(15)8-11)12-5-3-7-14(16)9-12;1-10-11-6-2-4-8-13(11)15-14-9-5-3-7-12(10)14;1-12(13-8-4-2-5-9-13)14-10-6-3-7-11-14;1-2-10-7-5-8-11-6-3-4-9-12(10)11;1-8(2)9-6-4-3-5-7-9;1-2-7-5-3-4-6-8(7)9;1-2-6-4-3-5-7(9)8(6)10;1-2-7-5-3-4-6-8(7)9;1-2/h2-12H,1H3;3-10,12H,1-2H3;2*2-10H,1H3;2-10H,1H3;2-12H,1H3;3-9H,2H2,1H3;3-8H,1-2H3;3-6H,2H2,1H3;3-5H,2H2,1H3;3-6H,2H2,1H3;1-2H3. The summed E-state index contributed by atoms with van der Waals surface area (Å²) in [5.74, 6) is 3.56. The summed E-state index contributed by atoms with van der Waals surface area (Å²) >= 11 is 26.8. The van der Waals surface area contributed by atoms with Gasteiger partial charge in [-0.3, -0.25) is 0 Å². The molecule has 0 radical (unpaired) electrons. The highest BCUT2D eigenvalue weighted by Crippen LogP contribution is 2.44. The minimum absolute atomic E-state index is 0.00796. The Hall–Kier alpha value is -12.9. The minimum Gasteiger partial charge on any atom is -0.457 e. The number of rotatable bonds is 13. The average molecular weight is 2060 g/mol. The van der Waals surface area contributed by atoms with Crippen LogP contribution in [-0.2, 0) is 25.7 Å². The molecule has 1 atom stereocenters. The van der Waals surface area contributed by atoms with Crippen LogP contribution in [0.1, 0.15) is 250 Å². The molecule has 1 heterocycles. The van der Waals surface area contributed by atoms with E-state index in [9.17, 15) is 17.6 Å². The van der Waals surface area contributed by atoms with E-state index in [0.717, 1.165) is 75.0 Å². The van der Waals surface area contributed by atoms with Gasteiger partial charge in [-0.05, 0) is 235 Å². The second-order valence-electron chi connectivity index (χ2n) is 35.1. The van der Waals surface area contributed by atoms with Crippen LogP contribution in [0.15, 0.2) is 447 Å². The lowest BCUT2D eigenvalue weighted by Crippen LogP contribution is -2.06. The Morgan fingerprint density at radius 2 is 0.590 bits per heavy atom. The van der Waals surface area contributed by atoms with Crippen LogP contribution in [0, 0.1) is 30.2 Å². The maximum atomic E-state index is 13.0. The van der Waals surface area contributed by atoms with Gasteiger partial charge in [0, 0.05) is 61.2 Å². The van der Waals surface area contributed by atoms with Gasteiger partial charge in [0.25, 0.3) is 0 Å². The molecule has 18 aromatic rings. The Kier molecular flexibility index (Phi) is 49.4. The van der Waals surface area contributed by atoms with Crippen molar-refractivity contribution in [3.05, 3.63) is 602 Å². The number of ether oxygens (including phenoxy) is 1. The minimum atomic E-state index is -0.263. The molecule has 20 rings (SSSR count). The molecule has 0 fully saturated rings. The quantitative estimate of drug-likeness (QED) is 0.105. The van der Waals surface area contributed by atoms with Gasteiger partial charge in [-0.15, -0.1) is 0 Å². The molecule has 1 nitrogen and oxygen atoms in total. The van der Waals surface area contributed by atoms with Gasteiger partial charge in [0.05, 0.1) is 10.0 Å². The van der Waals surface area contributed by atoms with Crippen molar-refractivity contribution in [3.8, 4) is 11.5 Å². The molecule has 18 aromatic carbocycles. The van der Waals surface area contributed by atoms with Crippen LogP contribution in [0.3, 0.4) is 0 Å². The van der Waals surface area contributed by atoms with E-state index in [2.05, 4.69) is 359 Å². The first-order chi connectivity index (χ1) is 69.7. The molecular weight excluding hydrogens is 1920 g/mol. The van der Waals surface area contributed by atoms with Crippen molar-refractivity contribution in [3.63, 3.8) is 0 Å². The summed E-state index contributed by atoms with van der Waals surface area (Å²) in [6.45, 7) is 31.9. The molecule has 144 heavy (non-hydrogen) atoms. The van der Waals surface area contributed by atoms with Crippen molar-refractivity contribution in [2.75, 3.05) is 0 Å². The lowest BCUT2D eigenvalue weighted by Gasteiger charge is -2.25. The van der Waals surface area contributed by atoms with Gasteiger partial charge in [-0.2, -0.15) is 0 Å². The zero-order valence-corrected chi connectivity index (χ0v) is 90.1. The van der Waals surface area contributed by atoms with Crippen LogP contribution < -0.4 is 4.74 Å². The summed E-state index contributed by atoms with van der Waals surface area (Å²) in [5, 5.41) is 5.73. The summed E-state index contributed by atoms with van der Waals surface area (Å²) in [6.07, 6.45) is 8.59. The second-order valence-corrected chi connectivity index (χ2v) is 37.6. The molecule has 0 aromatic heterocycles. The summed E-state index contributed by atoms with van der Waals surface area (Å²) < 4.78 is 58.7. The van der Waals surface area contributed by atoms with Crippen LogP contribution in [-0.4, -0.2) is 0 Å². The third-order valence-electron chi connectivity index (χ3n) is 25.2. The molecule has 0 saturated carbocycles. The lowest BCUT2D eigenvalue weighted by atomic mass is 9.89. The van der Waals surface area contributed by atoms with Crippen molar-refractivity contribution >= 4 is 85.3 Å². The maximum Gasteiger partial charge on any atom is 0.131 e. The molecule has 10 heteroatoms. The molecule has 0 amide bonds. The first kappa shape index (κ1) is 115. The van der Waals surface area contributed by atoms with Gasteiger partial charge >= 0.3 is 0 Å². The van der Waals surface area contributed by atoms with E-state index in [4.69, 9.17) is 51.1 Å². The SMILES string of the molecule is CC.CC(C)c1ccccc1.CC(c1ccc(F)cc1)c1ccc(F)cc1.CC(c1cccc(F)c1)c1cccc(F)c1.CC(c1ccccc1)c1ccccc1.CC1c2ccccc2C=Cc2ccccc21.CC1c2ccccc2Oc2ccccc21.CCc1cccc(Cl)c1Cl.CCc1cccc2ccccc12.CCc1ccccc1Br.CCc1ccccc1Cl.Cc1ccc(C(C)c2ccc(Cl)cc2)cc1. The summed E-state index contributed by atoms with van der Waals surface area (Å²) in [5.41, 5.74) is 25.1. The largest absolute Gasteiger partial charge is 0.457 e. The fourth-order valence-corrected chi connectivity index (χ4v) is 17.8. The Bertz CT molecular complexity index is 6400. The zero-order chi connectivity index (χ0) is 104. The average Bonchev–Trinajstić information content (AvgIpc) is 1.20. The smallest absolute Gasteiger partial charge is 0.131 e. The van der Waals surface area contributed by atoms with Gasteiger partial charge in [-0.25, -0.2) is 17.6 Å². The first-order valence-corrected chi connectivity index (χ1v) is 52.1. The molecule has 1 unspecified atom stereocenters. The number of para-hydroxylation sites is 2. The Morgan fingerprint density at radius 3 is 1.00 bits per heavy atom. The Balaban J connectivity index is 0.000000177. The van der Waals surface area contributed by atoms with E-state index >= 15 is 0 Å². The Morgan fingerprint density at radius 1 is 0.278 bits per heavy atom. The second kappa shape index (κ2) is 62.0. The van der Waals surface area contributed by atoms with E-state index < -0.39 is 0 Å². The molecule has 0 saturated heterocycles. The van der Waals surface area contributed by atoms with Crippen LogP contribution in [0.5, 0.6) is 11.5 Å². The number of hydrogen-bond acceptors (Lipinski definition) is 1. The predicted octanol–water partition coefficient (Wildman–Crippen LogP) is 41.8. The topological polar surface area (TPSA) is 9.23 Å². The molecule has 2 aliphatic rings. The maximum absolute atomic E-state index is 13.0. The molecule has 0 spiro atoms. The molecule has 0 bridgehead atoms. The van der Waals surface area contributed by atoms with Crippen molar-refractivity contribution in [1.29, 1.82) is 0 Å². The number of fused-ring (bicyclic) bond motifs is 5. The molecule has 1 aliphatic heterocycles. The van der Waals surface area contributed by atoms with Crippen LogP contribution in [0.2, 0.25) is 20.1 Å². The number of hydrogen-bond donors (Lipinski definition) is 0. The van der Waals surface area contributed by atoms with E-state index in [1.165, 1.54) is 147 Å². The number of aryl methyl sites for hydroxylation is 5. The third kappa shape index (κ3) is 36.5. The number of benzene rings is 18. The van der Waals surface area contributed by atoms with Crippen molar-refractivity contribution in [2.24, 2.45) is 0 Å². The highest BCUT2D eigenvalue weighted by molar-refractivity contribution is 9.10. The molecule has 0 N–H and O–H groups in total. The number of halogens is 9. The van der Waals surface area contributed by atoms with Gasteiger partial charge in [0.2, 0.25) is 0 Å². The molecule has 1 aliphatic carbocycles. The van der Waals surface area contributed by atoms with Crippen molar-refractivity contribution in [2.45, 2.75) is 171 Å². The molecular formula is C134H135BrCl4F4O. The van der Waals surface area contributed by atoms with E-state index in [0.29, 0.717) is 39.6 Å². The fraction of sp³-hybridized carbons (Fsp3) is 0.194. The van der Waals surface area contributed by atoms with Gasteiger partial charge in [0.1, 0.15) is 34.8 Å². The lowest BCUT2D eigenvalue weighted by molar-refractivity contribution is 0.450. The fourth-order valence-electron chi connectivity index (χ4n) is 16.4. The van der Waals surface area contributed by atoms with Gasteiger partial charge in [-0.1, -0.05) is 529 Å². The summed E-state index contributed by atoms with van der Waals surface area (Å²) in [7, 11) is 0. The third-order valence-corrected chi connectivity index (χ3v) is 27.4. The highest BCUT2D eigenvalue weighted by atomic mass is 79.9. The van der Waals surface area contributed by atoms with Crippen molar-refractivity contribution in [1.82, 2.24) is 0 Å². The van der Waals surface area contributed by atoms with Gasteiger partial charge in [0.15, 0.2) is 0 Å². The normalized spacial score (nSPS) is 11.2. The van der Waals surface area contributed by atoms with Gasteiger partial charge < -0.3 is 4.74 Å². The van der Waals surface area contributed by atoms with Crippen molar-refractivity contribution < 1.29 is 22.3 Å². The van der Waals surface area contributed by atoms with Crippen LogP contribution in [0.25, 0.3) is 22.9 Å². The zero-order valence-electron chi connectivity index (χ0n) is 85.5. The highest BCUT2D eigenvalue weighted by Gasteiger charge is 2.23. The van der Waals surface area contributed by atoms with E-state index in [1.54, 1.807) is 42.5 Å². The van der Waals surface area contributed by atoms with E-state index in [1.807, 2.05) is 125 Å². The van der Waals surface area contributed by atoms with Crippen LogP contribution in [0.4, 0.5) is 17.6 Å². The molecule has 740 valence electrons. The van der Waals surface area contributed by atoms with Crippen LogP contribution >= 0.6 is 62.3 Å². The Labute approximate surface area is 884 Å². The predicted molar refractivity (Wildman–Crippen MR) is 616 cm³/mol. The summed E-state index contributed by atoms with van der Waals surface area (Å²) in [6, 6.07) is 145.